The van der Waals surface area contributed by atoms with E-state index in [1.54, 1.807) is 23.6 Å². The Hall–Kier alpha value is -2.98. The first-order valence-corrected chi connectivity index (χ1v) is 9.64. The van der Waals surface area contributed by atoms with Crippen molar-refractivity contribution < 1.29 is 17.2 Å². The molecule has 7 nitrogen and oxygen atoms in total. The molecule has 2 heterocycles. The number of aromatic amines is 1. The van der Waals surface area contributed by atoms with Gasteiger partial charge < -0.3 is 4.42 Å². The highest BCUT2D eigenvalue weighted by Gasteiger charge is 2.17. The van der Waals surface area contributed by atoms with E-state index in [0.29, 0.717) is 22.4 Å². The Morgan fingerprint density at radius 2 is 1.92 bits per heavy atom. The second kappa shape index (κ2) is 6.07. The van der Waals surface area contributed by atoms with Crippen LogP contribution in [0.15, 0.2) is 62.0 Å². The van der Waals surface area contributed by atoms with Crippen LogP contribution in [0.25, 0.3) is 22.4 Å². The van der Waals surface area contributed by atoms with E-state index in [0.717, 1.165) is 23.5 Å². The maximum Gasteiger partial charge on any atom is 0.417 e. The van der Waals surface area contributed by atoms with E-state index in [9.17, 15) is 17.6 Å². The standard InChI is InChI=1S/C16H10FN3O4S2/c17-10-2-4-11(5-3-10)26(22,23)20-15-18-13(8-25-15)9-1-6-12-14(7-9)24-16(21)19-12/h1-8H,(H,18,20)(H,19,21). The number of nitrogens with one attached hydrogen (secondary N) is 2. The highest BCUT2D eigenvalue weighted by molar-refractivity contribution is 7.93. The van der Waals surface area contributed by atoms with Crippen LogP contribution in [-0.2, 0) is 10.0 Å². The van der Waals surface area contributed by atoms with E-state index < -0.39 is 21.6 Å². The minimum atomic E-state index is -3.86. The van der Waals surface area contributed by atoms with Crippen molar-refractivity contribution in [2.45, 2.75) is 4.90 Å². The summed E-state index contributed by atoms with van der Waals surface area (Å²) in [5, 5.41) is 1.84. The molecule has 2 aromatic heterocycles. The van der Waals surface area contributed by atoms with Gasteiger partial charge in [-0.05, 0) is 36.4 Å². The third-order valence-corrected chi connectivity index (χ3v) is 5.81. The number of oxazole rings is 1. The molecule has 10 heteroatoms. The number of aromatic nitrogens is 2. The zero-order valence-corrected chi connectivity index (χ0v) is 14.5. The van der Waals surface area contributed by atoms with Gasteiger partial charge in [-0.3, -0.25) is 9.71 Å². The molecule has 0 aliphatic rings. The third-order valence-electron chi connectivity index (χ3n) is 3.57. The molecule has 0 bridgehead atoms. The van der Waals surface area contributed by atoms with Crippen molar-refractivity contribution in [3.8, 4) is 11.3 Å². The van der Waals surface area contributed by atoms with Crippen LogP contribution in [0, 0.1) is 5.82 Å². The monoisotopic (exact) mass is 391 g/mol. The number of hydrogen-bond acceptors (Lipinski definition) is 6. The van der Waals surface area contributed by atoms with Crippen LogP contribution in [0.2, 0.25) is 0 Å². The predicted octanol–water partition coefficient (Wildman–Crippen LogP) is 3.18. The highest BCUT2D eigenvalue weighted by atomic mass is 32.2. The second-order valence-corrected chi connectivity index (χ2v) is 7.86. The van der Waals surface area contributed by atoms with E-state index in [2.05, 4.69) is 14.7 Å². The Morgan fingerprint density at radius 1 is 1.15 bits per heavy atom. The van der Waals surface area contributed by atoms with Crippen LogP contribution < -0.4 is 10.5 Å². The van der Waals surface area contributed by atoms with Crippen molar-refractivity contribution in [2.75, 3.05) is 4.72 Å². The lowest BCUT2D eigenvalue weighted by Crippen LogP contribution is -2.12. The molecule has 2 aromatic carbocycles. The first kappa shape index (κ1) is 16.5. The molecular weight excluding hydrogens is 381 g/mol. The third kappa shape index (κ3) is 3.11. The lowest BCUT2D eigenvalue weighted by Gasteiger charge is -2.04. The Labute approximate surface area is 150 Å². The van der Waals surface area contributed by atoms with Crippen molar-refractivity contribution in [3.05, 3.63) is 64.2 Å². The number of anilines is 1. The maximum atomic E-state index is 13.0. The Morgan fingerprint density at radius 3 is 2.69 bits per heavy atom. The van der Waals surface area contributed by atoms with Crippen LogP contribution in [0.3, 0.4) is 0 Å². The zero-order chi connectivity index (χ0) is 18.3. The first-order valence-electron chi connectivity index (χ1n) is 7.28. The van der Waals surface area contributed by atoms with E-state index in [1.807, 2.05) is 0 Å². The van der Waals surface area contributed by atoms with Crippen molar-refractivity contribution in [1.82, 2.24) is 9.97 Å². The summed E-state index contributed by atoms with van der Waals surface area (Å²) in [6, 6.07) is 9.55. The van der Waals surface area contributed by atoms with Gasteiger partial charge in [-0.15, -0.1) is 11.3 Å². The fraction of sp³-hybridized carbons (Fsp3) is 0. The topological polar surface area (TPSA) is 105 Å². The molecular formula is C16H10FN3O4S2. The quantitative estimate of drug-likeness (QED) is 0.556. The molecule has 0 saturated heterocycles. The first-order chi connectivity index (χ1) is 12.4. The molecule has 0 aliphatic heterocycles. The number of hydrogen-bond donors (Lipinski definition) is 2. The molecule has 4 aromatic rings. The predicted molar refractivity (Wildman–Crippen MR) is 95.2 cm³/mol. The number of halogens is 1. The van der Waals surface area contributed by atoms with Gasteiger partial charge in [0.05, 0.1) is 16.1 Å². The Bertz CT molecular complexity index is 1260. The lowest BCUT2D eigenvalue weighted by molar-refractivity contribution is 0.555. The summed E-state index contributed by atoms with van der Waals surface area (Å²) >= 11 is 1.10. The van der Waals surface area contributed by atoms with Gasteiger partial charge in [0.2, 0.25) is 0 Å². The molecule has 0 spiro atoms. The molecule has 0 amide bonds. The largest absolute Gasteiger partial charge is 0.417 e. The smallest absolute Gasteiger partial charge is 0.408 e. The molecule has 0 atom stereocenters. The van der Waals surface area contributed by atoms with Gasteiger partial charge >= 0.3 is 5.76 Å². The van der Waals surface area contributed by atoms with E-state index >= 15 is 0 Å². The average Bonchev–Trinajstić information content (AvgIpc) is 3.19. The molecule has 4 rings (SSSR count). The zero-order valence-electron chi connectivity index (χ0n) is 12.9. The maximum absolute atomic E-state index is 13.0. The number of benzene rings is 2. The normalized spacial score (nSPS) is 11.7. The summed E-state index contributed by atoms with van der Waals surface area (Å²) in [5.74, 6) is -1.07. The summed E-state index contributed by atoms with van der Waals surface area (Å²) in [6.45, 7) is 0. The van der Waals surface area contributed by atoms with Crippen molar-refractivity contribution >= 4 is 37.6 Å². The van der Waals surface area contributed by atoms with Crippen LogP contribution in [0.4, 0.5) is 9.52 Å². The lowest BCUT2D eigenvalue weighted by atomic mass is 10.1. The summed E-state index contributed by atoms with van der Waals surface area (Å²) in [5.41, 5.74) is 2.14. The summed E-state index contributed by atoms with van der Waals surface area (Å²) in [7, 11) is -3.86. The van der Waals surface area contributed by atoms with Crippen LogP contribution in [-0.4, -0.2) is 18.4 Å². The summed E-state index contributed by atoms with van der Waals surface area (Å²) < 4.78 is 45.0. The van der Waals surface area contributed by atoms with Crippen LogP contribution in [0.1, 0.15) is 0 Å². The van der Waals surface area contributed by atoms with Crippen LogP contribution in [0.5, 0.6) is 0 Å². The number of thiazole rings is 1. The molecule has 0 radical (unpaired) electrons. The van der Waals surface area contributed by atoms with Gasteiger partial charge in [-0.25, -0.2) is 22.6 Å². The molecule has 2 N–H and O–H groups in total. The fourth-order valence-corrected chi connectivity index (χ4v) is 4.32. The molecule has 0 saturated carbocycles. The minimum Gasteiger partial charge on any atom is -0.408 e. The van der Waals surface area contributed by atoms with E-state index in [4.69, 9.17) is 4.42 Å². The minimum absolute atomic E-state index is 0.0637. The number of H-pyrrole nitrogens is 1. The molecule has 0 aliphatic carbocycles. The SMILES string of the molecule is O=c1[nH]c2ccc(-c3csc(NS(=O)(=O)c4ccc(F)cc4)n3)cc2o1. The molecule has 132 valence electrons. The number of sulfonamides is 1. The average molecular weight is 391 g/mol. The summed E-state index contributed by atoms with van der Waals surface area (Å²) in [6.07, 6.45) is 0. The van der Waals surface area contributed by atoms with Gasteiger partial charge in [-0.1, -0.05) is 6.07 Å². The van der Waals surface area contributed by atoms with Gasteiger partial charge in [0.1, 0.15) is 5.82 Å². The highest BCUT2D eigenvalue weighted by Crippen LogP contribution is 2.28. The van der Waals surface area contributed by atoms with Crippen molar-refractivity contribution in [3.63, 3.8) is 0 Å². The van der Waals surface area contributed by atoms with Gasteiger partial charge in [0, 0.05) is 10.9 Å². The van der Waals surface area contributed by atoms with Gasteiger partial charge in [0.15, 0.2) is 10.7 Å². The Balaban J connectivity index is 1.62. The summed E-state index contributed by atoms with van der Waals surface area (Å²) in [4.78, 5) is 17.9. The Kier molecular flexibility index (Phi) is 3.85. The number of nitrogens with zero attached hydrogens (tertiary/aromatic N) is 1. The van der Waals surface area contributed by atoms with Gasteiger partial charge in [-0.2, -0.15) is 0 Å². The molecule has 0 unspecified atom stereocenters. The number of rotatable bonds is 4. The molecule has 26 heavy (non-hydrogen) atoms. The van der Waals surface area contributed by atoms with Crippen molar-refractivity contribution in [1.29, 1.82) is 0 Å². The van der Waals surface area contributed by atoms with Gasteiger partial charge in [0.25, 0.3) is 10.0 Å². The number of fused-ring (bicyclic) bond motifs is 1. The second-order valence-electron chi connectivity index (χ2n) is 5.32. The molecule has 0 fully saturated rings. The van der Waals surface area contributed by atoms with E-state index in [1.165, 1.54) is 12.1 Å². The fourth-order valence-electron chi connectivity index (χ4n) is 2.35. The van der Waals surface area contributed by atoms with Crippen molar-refractivity contribution in [2.24, 2.45) is 0 Å². The van der Waals surface area contributed by atoms with Crippen LogP contribution >= 0.6 is 11.3 Å². The van der Waals surface area contributed by atoms with E-state index in [-0.39, 0.29) is 10.0 Å².